The number of nitrogens with zero attached hydrogens (tertiary/aromatic N) is 3. The largest absolute Gasteiger partial charge is 0.351 e. The first-order chi connectivity index (χ1) is 13.7. The van der Waals surface area contributed by atoms with Gasteiger partial charge in [-0.2, -0.15) is 0 Å². The summed E-state index contributed by atoms with van der Waals surface area (Å²) in [6.07, 6.45) is 5.09. The van der Waals surface area contributed by atoms with Gasteiger partial charge >= 0.3 is 0 Å². The Bertz CT molecular complexity index is 669. The van der Waals surface area contributed by atoms with Crippen molar-refractivity contribution in [3.8, 4) is 0 Å². The van der Waals surface area contributed by atoms with Crippen molar-refractivity contribution < 1.29 is 4.79 Å². The number of likely N-dealkylation sites (tertiary alicyclic amines) is 1. The minimum atomic E-state index is 0.0212. The number of hydrogen-bond acceptors (Lipinski definition) is 4. The Morgan fingerprint density at radius 1 is 0.929 bits per heavy atom. The third-order valence-electron chi connectivity index (χ3n) is 7.53. The molecule has 5 fully saturated rings. The van der Waals surface area contributed by atoms with Gasteiger partial charge < -0.3 is 15.1 Å². The fraction of sp³-hybridized carbons (Fsp3) is 0.696. The summed E-state index contributed by atoms with van der Waals surface area (Å²) in [6, 6.07) is 11.2. The molecule has 0 aromatic heterocycles. The van der Waals surface area contributed by atoms with E-state index >= 15 is 0 Å². The van der Waals surface area contributed by atoms with Crippen LogP contribution in [0, 0.1) is 5.92 Å². The standard InChI is InChI=1S/C23H34N4O/c28-21(16-25-10-6-1-2-7-11-25)24-22-19-14-26-12-13-27(15-19)18-23(22,17-26)20-8-4-3-5-9-20/h3-5,8-9,19,22H,1-2,6-7,10-18H2,(H,24,28)/t19?,22-,23?/m0/s1. The van der Waals surface area contributed by atoms with Crippen LogP contribution >= 0.6 is 0 Å². The monoisotopic (exact) mass is 382 g/mol. The maximum atomic E-state index is 13.1. The molecule has 1 N–H and O–H groups in total. The zero-order valence-corrected chi connectivity index (χ0v) is 17.0. The molecule has 1 aromatic rings. The Balaban J connectivity index is 1.38. The molecule has 1 aromatic carbocycles. The Kier molecular flexibility index (Phi) is 5.16. The summed E-state index contributed by atoms with van der Waals surface area (Å²) in [5.74, 6) is 0.761. The predicted molar refractivity (Wildman–Crippen MR) is 111 cm³/mol. The maximum absolute atomic E-state index is 13.1. The predicted octanol–water partition coefficient (Wildman–Crippen LogP) is 1.55. The lowest BCUT2D eigenvalue weighted by atomic mass is 9.64. The molecule has 2 unspecified atom stereocenters. The lowest BCUT2D eigenvalue weighted by molar-refractivity contribution is -0.125. The fourth-order valence-corrected chi connectivity index (χ4v) is 6.29. The first-order valence-corrected chi connectivity index (χ1v) is 11.2. The SMILES string of the molecule is O=C(CN1CCCCCC1)N[C@H]1C2CN3CCN(C2)CC1(c1ccccc1)C3. The van der Waals surface area contributed by atoms with Crippen LogP contribution in [0.25, 0.3) is 0 Å². The van der Waals surface area contributed by atoms with E-state index < -0.39 is 0 Å². The second kappa shape index (κ2) is 7.77. The van der Waals surface area contributed by atoms with Crippen LogP contribution in [0.4, 0.5) is 0 Å². The second-order valence-corrected chi connectivity index (χ2v) is 9.49. The molecule has 0 spiro atoms. The van der Waals surface area contributed by atoms with Gasteiger partial charge in [0.05, 0.1) is 6.54 Å². The molecule has 5 nitrogen and oxygen atoms in total. The smallest absolute Gasteiger partial charge is 0.234 e. The molecule has 0 saturated carbocycles. The van der Waals surface area contributed by atoms with Crippen molar-refractivity contribution in [3.63, 3.8) is 0 Å². The van der Waals surface area contributed by atoms with Crippen molar-refractivity contribution in [2.45, 2.75) is 37.1 Å². The van der Waals surface area contributed by atoms with Crippen LogP contribution < -0.4 is 5.32 Å². The van der Waals surface area contributed by atoms with Gasteiger partial charge in [0.1, 0.15) is 0 Å². The lowest BCUT2D eigenvalue weighted by Gasteiger charge is -2.56. The van der Waals surface area contributed by atoms with Crippen molar-refractivity contribution >= 4 is 5.91 Å². The van der Waals surface area contributed by atoms with Crippen LogP contribution in [0.3, 0.4) is 0 Å². The molecule has 5 aliphatic rings. The highest BCUT2D eigenvalue weighted by atomic mass is 16.2. The van der Waals surface area contributed by atoms with Crippen LogP contribution in [0.15, 0.2) is 30.3 Å². The zero-order chi connectivity index (χ0) is 19.0. The number of piperidine rings is 2. The molecule has 0 aliphatic carbocycles. The summed E-state index contributed by atoms with van der Waals surface area (Å²) in [5.41, 5.74) is 1.42. The van der Waals surface area contributed by atoms with Gasteiger partial charge in [0.2, 0.25) is 5.91 Å². The van der Waals surface area contributed by atoms with E-state index in [4.69, 9.17) is 0 Å². The number of carbonyl (C=O) groups excluding carboxylic acids is 1. The first kappa shape index (κ1) is 18.6. The van der Waals surface area contributed by atoms with Crippen molar-refractivity contribution in [2.24, 2.45) is 5.92 Å². The third-order valence-corrected chi connectivity index (χ3v) is 7.53. The van der Waals surface area contributed by atoms with E-state index in [1.54, 1.807) is 0 Å². The van der Waals surface area contributed by atoms with Crippen LogP contribution in [0.5, 0.6) is 0 Å². The number of benzene rings is 1. The third kappa shape index (κ3) is 3.49. The highest BCUT2D eigenvalue weighted by molar-refractivity contribution is 5.78. The molecule has 5 heteroatoms. The molecule has 0 radical (unpaired) electrons. The van der Waals surface area contributed by atoms with Gasteiger partial charge in [-0.3, -0.25) is 9.69 Å². The molecule has 1 amide bonds. The summed E-state index contributed by atoms with van der Waals surface area (Å²) in [4.78, 5) is 20.7. The summed E-state index contributed by atoms with van der Waals surface area (Å²) >= 11 is 0. The highest BCUT2D eigenvalue weighted by Gasteiger charge is 2.55. The van der Waals surface area contributed by atoms with Crippen LogP contribution in [-0.4, -0.2) is 85.6 Å². The Labute approximate surface area is 169 Å². The van der Waals surface area contributed by atoms with Gasteiger partial charge in [0.25, 0.3) is 0 Å². The van der Waals surface area contributed by atoms with Gasteiger partial charge in [-0.15, -0.1) is 0 Å². The molecule has 5 aliphatic heterocycles. The molecular weight excluding hydrogens is 348 g/mol. The Hall–Kier alpha value is -1.43. The molecule has 4 bridgehead atoms. The minimum absolute atomic E-state index is 0.0212. The van der Waals surface area contributed by atoms with Crippen molar-refractivity contribution in [2.75, 3.05) is 58.9 Å². The lowest BCUT2D eigenvalue weighted by Crippen LogP contribution is -2.71. The normalized spacial score (nSPS) is 38.0. The van der Waals surface area contributed by atoms with Gasteiger partial charge in [-0.05, 0) is 31.5 Å². The van der Waals surface area contributed by atoms with E-state index in [1.807, 2.05) is 0 Å². The average molecular weight is 383 g/mol. The molecular formula is C23H34N4O. The first-order valence-electron chi connectivity index (χ1n) is 11.2. The number of nitrogens with one attached hydrogen (secondary N) is 1. The summed E-state index contributed by atoms with van der Waals surface area (Å²) in [5, 5.41) is 3.56. The van der Waals surface area contributed by atoms with Crippen molar-refractivity contribution in [3.05, 3.63) is 35.9 Å². The quantitative estimate of drug-likeness (QED) is 0.858. The van der Waals surface area contributed by atoms with Crippen molar-refractivity contribution in [1.82, 2.24) is 20.0 Å². The highest BCUT2D eigenvalue weighted by Crippen LogP contribution is 2.43. The average Bonchev–Trinajstić information content (AvgIpc) is 3.10. The summed E-state index contributed by atoms with van der Waals surface area (Å²) in [7, 11) is 0. The van der Waals surface area contributed by atoms with Crippen LogP contribution in [-0.2, 0) is 10.2 Å². The molecule has 5 saturated heterocycles. The van der Waals surface area contributed by atoms with E-state index in [0.717, 1.165) is 39.3 Å². The molecule has 6 rings (SSSR count). The van der Waals surface area contributed by atoms with Gasteiger partial charge in [0.15, 0.2) is 0 Å². The number of amides is 1. The van der Waals surface area contributed by atoms with Gasteiger partial charge in [0, 0.05) is 56.6 Å². The van der Waals surface area contributed by atoms with Gasteiger partial charge in [-0.1, -0.05) is 43.2 Å². The summed E-state index contributed by atoms with van der Waals surface area (Å²) < 4.78 is 0. The molecule has 3 atom stereocenters. The minimum Gasteiger partial charge on any atom is -0.351 e. The number of carbonyl (C=O) groups is 1. The van der Waals surface area contributed by atoms with E-state index in [9.17, 15) is 4.79 Å². The Morgan fingerprint density at radius 2 is 1.57 bits per heavy atom. The topological polar surface area (TPSA) is 38.8 Å². The Morgan fingerprint density at radius 3 is 2.21 bits per heavy atom. The fourth-order valence-electron chi connectivity index (χ4n) is 6.29. The zero-order valence-electron chi connectivity index (χ0n) is 17.0. The van der Waals surface area contributed by atoms with Crippen LogP contribution in [0.1, 0.15) is 31.2 Å². The maximum Gasteiger partial charge on any atom is 0.234 e. The van der Waals surface area contributed by atoms with Crippen molar-refractivity contribution in [1.29, 1.82) is 0 Å². The molecule has 5 heterocycles. The number of rotatable bonds is 4. The van der Waals surface area contributed by atoms with E-state index in [1.165, 1.54) is 44.3 Å². The molecule has 28 heavy (non-hydrogen) atoms. The molecule has 152 valence electrons. The second-order valence-electron chi connectivity index (χ2n) is 9.49. The van der Waals surface area contributed by atoms with E-state index in [0.29, 0.717) is 12.5 Å². The van der Waals surface area contributed by atoms with Crippen LogP contribution in [0.2, 0.25) is 0 Å². The number of hydrogen-bond donors (Lipinski definition) is 1. The number of fused-ring (bicyclic) bond motifs is 1. The summed E-state index contributed by atoms with van der Waals surface area (Å²) in [6.45, 7) is 9.44. The van der Waals surface area contributed by atoms with E-state index in [2.05, 4.69) is 50.3 Å². The van der Waals surface area contributed by atoms with Gasteiger partial charge in [-0.25, -0.2) is 0 Å². The van der Waals surface area contributed by atoms with E-state index in [-0.39, 0.29) is 17.4 Å².